The highest BCUT2D eigenvalue weighted by Crippen LogP contribution is 2.29. The fourth-order valence-electron chi connectivity index (χ4n) is 7.11. The maximum atomic E-state index is 15.2. The predicted octanol–water partition coefficient (Wildman–Crippen LogP) is 2.64. The number of rotatable bonds is 9. The largest absolute Gasteiger partial charge is 0.374 e. The molecular weight excluding hydrogens is 681 g/mol. The molecule has 1 atom stereocenters. The Balaban J connectivity index is 0.907. The minimum Gasteiger partial charge on any atom is -0.374 e. The number of pyridine rings is 1. The third-order valence-electron chi connectivity index (χ3n) is 9.94. The summed E-state index contributed by atoms with van der Waals surface area (Å²) in [4.78, 5) is 59.4. The van der Waals surface area contributed by atoms with Crippen LogP contribution in [0.5, 0.6) is 0 Å². The maximum Gasteiger partial charge on any atom is 0.274 e. The van der Waals surface area contributed by atoms with Crippen molar-refractivity contribution >= 4 is 46.4 Å². The Labute approximate surface area is 304 Å². The van der Waals surface area contributed by atoms with Crippen LogP contribution in [0.25, 0.3) is 5.69 Å². The summed E-state index contributed by atoms with van der Waals surface area (Å²) in [5, 5.41) is 21.4. The molecule has 2 aromatic carbocycles. The molecule has 5 heterocycles. The molecule has 4 aromatic rings. The molecule has 3 aliphatic rings. The number of primary amides is 1. The molecule has 3 aliphatic heterocycles. The first-order valence-electron chi connectivity index (χ1n) is 17.5. The Hall–Kier alpha value is -6.34. The zero-order valence-corrected chi connectivity index (χ0v) is 28.8. The van der Waals surface area contributed by atoms with E-state index in [1.807, 2.05) is 30.3 Å². The van der Waals surface area contributed by atoms with Crippen molar-refractivity contribution in [1.29, 1.82) is 5.26 Å². The number of hydrogen-bond acceptors (Lipinski definition) is 11. The van der Waals surface area contributed by atoms with E-state index >= 15 is 4.39 Å². The molecule has 272 valence electrons. The number of carbonyl (C=O) groups is 4. The summed E-state index contributed by atoms with van der Waals surface area (Å²) in [6, 6.07) is 18.9. The number of piperazine rings is 1. The van der Waals surface area contributed by atoms with Crippen molar-refractivity contribution in [3.05, 3.63) is 89.8 Å². The molecule has 0 radical (unpaired) electrons. The molecule has 3 fully saturated rings. The number of nitrogens with two attached hydrogens (primary N) is 1. The number of nitrogens with zero attached hydrogens (tertiary/aromatic N) is 7. The fourth-order valence-corrected chi connectivity index (χ4v) is 7.11. The molecule has 0 bridgehead atoms. The molecule has 0 spiro atoms. The van der Waals surface area contributed by atoms with E-state index in [2.05, 4.69) is 40.7 Å². The van der Waals surface area contributed by atoms with Crippen molar-refractivity contribution in [3.8, 4) is 11.8 Å². The maximum absolute atomic E-state index is 15.2. The molecule has 7 rings (SSSR count). The van der Waals surface area contributed by atoms with Crippen LogP contribution < -0.4 is 31.5 Å². The molecule has 1 unspecified atom stereocenters. The van der Waals surface area contributed by atoms with E-state index < -0.39 is 23.8 Å². The summed E-state index contributed by atoms with van der Waals surface area (Å²) < 4.78 is 16.7. The number of halogens is 1. The second-order valence-corrected chi connectivity index (χ2v) is 13.2. The monoisotopic (exact) mass is 719 g/mol. The van der Waals surface area contributed by atoms with Crippen molar-refractivity contribution in [2.24, 2.45) is 5.73 Å². The molecule has 0 aliphatic carbocycles. The Kier molecular flexibility index (Phi) is 9.99. The van der Waals surface area contributed by atoms with Crippen LogP contribution in [0.3, 0.4) is 0 Å². The van der Waals surface area contributed by atoms with E-state index in [1.54, 1.807) is 18.2 Å². The van der Waals surface area contributed by atoms with Crippen LogP contribution in [0.4, 0.5) is 27.1 Å². The average Bonchev–Trinajstić information content (AvgIpc) is 3.60. The van der Waals surface area contributed by atoms with Gasteiger partial charge in [-0.05, 0) is 73.9 Å². The SMILES string of the molecule is N#Cc1cccc(C(=O)Nc2cn(-c3ccc(N4CCN(C5CCN(c6ccc(NC7CCC(=O)NC7=O)cc6F)CC5)CC4)cc3)nc2C(N)=O)n1. The van der Waals surface area contributed by atoms with Gasteiger partial charge in [-0.15, -0.1) is 0 Å². The van der Waals surface area contributed by atoms with Gasteiger partial charge in [-0.1, -0.05) is 6.07 Å². The van der Waals surface area contributed by atoms with E-state index in [-0.39, 0.29) is 40.9 Å². The number of imide groups is 1. The van der Waals surface area contributed by atoms with Gasteiger partial charge in [0.05, 0.1) is 23.3 Å². The van der Waals surface area contributed by atoms with Crippen molar-refractivity contribution < 1.29 is 23.6 Å². The summed E-state index contributed by atoms with van der Waals surface area (Å²) in [5.41, 5.74) is 8.46. The first-order valence-corrected chi connectivity index (χ1v) is 17.5. The Morgan fingerprint density at radius 1 is 0.925 bits per heavy atom. The Morgan fingerprint density at radius 2 is 1.66 bits per heavy atom. The zero-order chi connectivity index (χ0) is 37.1. The van der Waals surface area contributed by atoms with E-state index in [1.165, 1.54) is 29.1 Å². The zero-order valence-electron chi connectivity index (χ0n) is 28.8. The molecule has 0 saturated carbocycles. The third kappa shape index (κ3) is 7.80. The number of piperidine rings is 2. The van der Waals surface area contributed by atoms with E-state index in [9.17, 15) is 19.2 Å². The number of carbonyl (C=O) groups excluding carboxylic acids is 4. The number of hydrogen-bond donors (Lipinski definition) is 4. The highest BCUT2D eigenvalue weighted by atomic mass is 19.1. The minimum atomic E-state index is -0.805. The van der Waals surface area contributed by atoms with Gasteiger partial charge in [0.25, 0.3) is 11.8 Å². The molecule has 53 heavy (non-hydrogen) atoms. The van der Waals surface area contributed by atoms with Gasteiger partial charge in [-0.25, -0.2) is 14.1 Å². The number of benzene rings is 2. The van der Waals surface area contributed by atoms with Crippen LogP contribution in [-0.4, -0.2) is 94.6 Å². The van der Waals surface area contributed by atoms with Crippen molar-refractivity contribution in [1.82, 2.24) is 25.0 Å². The second kappa shape index (κ2) is 15.1. The van der Waals surface area contributed by atoms with Gasteiger partial charge in [-0.2, -0.15) is 10.4 Å². The number of nitrogens with one attached hydrogen (secondary N) is 3. The molecule has 2 aromatic heterocycles. The number of amides is 4. The van der Waals surface area contributed by atoms with Gasteiger partial charge in [0, 0.05) is 63.1 Å². The number of nitriles is 1. The van der Waals surface area contributed by atoms with E-state index in [4.69, 9.17) is 11.0 Å². The quantitative estimate of drug-likeness (QED) is 0.186. The minimum absolute atomic E-state index is 0.0164. The molecular formula is C37H38FN11O4. The Bertz CT molecular complexity index is 2080. The summed E-state index contributed by atoms with van der Waals surface area (Å²) in [7, 11) is 0. The first kappa shape index (κ1) is 35.1. The molecule has 4 amide bonds. The normalized spacial score (nSPS) is 18.3. The topological polar surface area (TPSA) is 195 Å². The summed E-state index contributed by atoms with van der Waals surface area (Å²) in [6.45, 7) is 4.98. The van der Waals surface area contributed by atoms with Gasteiger partial charge in [0.1, 0.15) is 29.3 Å². The van der Waals surface area contributed by atoms with E-state index in [0.29, 0.717) is 29.5 Å². The fraction of sp³-hybridized carbons (Fsp3) is 0.324. The van der Waals surface area contributed by atoms with Crippen LogP contribution in [0.15, 0.2) is 66.9 Å². The first-order chi connectivity index (χ1) is 25.6. The smallest absolute Gasteiger partial charge is 0.274 e. The lowest BCUT2D eigenvalue weighted by Crippen LogP contribution is -2.53. The third-order valence-corrected chi connectivity index (χ3v) is 9.94. The molecule has 3 saturated heterocycles. The highest BCUT2D eigenvalue weighted by Gasteiger charge is 2.30. The lowest BCUT2D eigenvalue weighted by molar-refractivity contribution is -0.133. The van der Waals surface area contributed by atoms with E-state index in [0.717, 1.165) is 57.8 Å². The molecule has 15 nitrogen and oxygen atoms in total. The summed E-state index contributed by atoms with van der Waals surface area (Å²) in [5.74, 6) is -2.43. The van der Waals surface area contributed by atoms with Crippen molar-refractivity contribution in [2.75, 3.05) is 59.7 Å². The highest BCUT2D eigenvalue weighted by molar-refractivity contribution is 6.07. The lowest BCUT2D eigenvalue weighted by Gasteiger charge is -2.44. The average molecular weight is 720 g/mol. The van der Waals surface area contributed by atoms with Gasteiger partial charge >= 0.3 is 0 Å². The standard InChI is InChI=1S/C37H38FN11O4/c38-28-20-23(41-30-9-11-33(50)44-37(30)53)4-10-32(28)48-14-12-26(13-15-48)47-18-16-46(17-19-47)25-5-7-27(8-6-25)49-22-31(34(45-49)35(40)51)43-36(52)29-3-1-2-24(21-39)42-29/h1-8,10,20,22,26,30,41H,9,11-19H2,(H2,40,51)(H,43,52)(H,44,50,53). The second-order valence-electron chi connectivity index (χ2n) is 13.2. The lowest BCUT2D eigenvalue weighted by atomic mass is 10.0. The molecule has 16 heteroatoms. The summed E-state index contributed by atoms with van der Waals surface area (Å²) >= 11 is 0. The van der Waals surface area contributed by atoms with Crippen LogP contribution in [0, 0.1) is 17.1 Å². The molecule has 5 N–H and O–H groups in total. The van der Waals surface area contributed by atoms with Gasteiger partial charge in [0.2, 0.25) is 11.8 Å². The van der Waals surface area contributed by atoms with Gasteiger partial charge < -0.3 is 26.2 Å². The Morgan fingerprint density at radius 3 is 2.34 bits per heavy atom. The van der Waals surface area contributed by atoms with Crippen LogP contribution in [-0.2, 0) is 9.59 Å². The van der Waals surface area contributed by atoms with Crippen molar-refractivity contribution in [3.63, 3.8) is 0 Å². The van der Waals surface area contributed by atoms with Crippen LogP contribution >= 0.6 is 0 Å². The number of aromatic nitrogens is 3. The van der Waals surface area contributed by atoms with Gasteiger partial charge in [-0.3, -0.25) is 29.4 Å². The predicted molar refractivity (Wildman–Crippen MR) is 194 cm³/mol. The van der Waals surface area contributed by atoms with Gasteiger partial charge in [0.15, 0.2) is 5.69 Å². The number of anilines is 4. The van der Waals surface area contributed by atoms with Crippen molar-refractivity contribution in [2.45, 2.75) is 37.8 Å². The van der Waals surface area contributed by atoms with Crippen LogP contribution in [0.1, 0.15) is 52.4 Å². The summed E-state index contributed by atoms with van der Waals surface area (Å²) in [6.07, 6.45) is 3.99. The van der Waals surface area contributed by atoms with Crippen LogP contribution in [0.2, 0.25) is 0 Å².